The molecule has 0 fully saturated rings. The summed E-state index contributed by atoms with van der Waals surface area (Å²) in [6.07, 6.45) is 0.294. The lowest BCUT2D eigenvalue weighted by atomic mass is 10.1. The molecule has 8 heteroatoms. The molecule has 0 radical (unpaired) electrons. The van der Waals surface area contributed by atoms with Crippen molar-refractivity contribution in [3.8, 4) is 0 Å². The number of sulfonamides is 1. The summed E-state index contributed by atoms with van der Waals surface area (Å²) in [7, 11) is -3.49. The number of nitrogen functional groups attached to an aromatic ring is 1. The molecule has 1 aromatic rings. The van der Waals surface area contributed by atoms with Gasteiger partial charge in [0.25, 0.3) is 0 Å². The molecule has 0 amide bonds. The normalized spacial score (nSPS) is 11.2. The summed E-state index contributed by atoms with van der Waals surface area (Å²) in [5.41, 5.74) is 6.28. The molecular weight excluding hydrogens is 258 g/mol. The fraction of sp³-hybridized carbons (Fsp3) is 0.300. The summed E-state index contributed by atoms with van der Waals surface area (Å²) in [6.45, 7) is 0.306. The number of benzene rings is 1. The van der Waals surface area contributed by atoms with Gasteiger partial charge in [-0.2, -0.15) is 0 Å². The number of primary sulfonamides is 1. The molecule has 0 saturated carbocycles. The van der Waals surface area contributed by atoms with Crippen LogP contribution in [-0.4, -0.2) is 31.8 Å². The predicted molar refractivity (Wildman–Crippen MR) is 68.9 cm³/mol. The van der Waals surface area contributed by atoms with Crippen molar-refractivity contribution in [1.82, 2.24) is 0 Å². The Balaban J connectivity index is 2.65. The van der Waals surface area contributed by atoms with Gasteiger partial charge in [0.05, 0.1) is 11.3 Å². The highest BCUT2D eigenvalue weighted by Gasteiger charge is 2.10. The molecule has 0 aliphatic heterocycles. The topological polar surface area (TPSA) is 136 Å². The molecule has 0 bridgehead atoms. The molecular formula is C10H15N3O4S. The van der Waals surface area contributed by atoms with Crippen LogP contribution >= 0.6 is 0 Å². The zero-order chi connectivity index (χ0) is 13.8. The second-order valence-electron chi connectivity index (χ2n) is 3.76. The predicted octanol–water partition coefficient (Wildman–Crippen LogP) is 0.0575. The number of anilines is 2. The lowest BCUT2D eigenvalue weighted by molar-refractivity contribution is 0.0698. The standard InChI is InChI=1S/C10H15N3O4S/c11-7-2-3-9(8(6-7)10(14)15)13-4-1-5-18(12,16)17/h2-3,6,13H,1,4-5,11H2,(H,14,15)(H2,12,16,17). The molecule has 0 unspecified atom stereocenters. The zero-order valence-electron chi connectivity index (χ0n) is 9.59. The number of hydrogen-bond donors (Lipinski definition) is 4. The van der Waals surface area contributed by atoms with E-state index in [-0.39, 0.29) is 11.3 Å². The van der Waals surface area contributed by atoms with E-state index in [2.05, 4.69) is 5.32 Å². The third kappa shape index (κ3) is 4.60. The Labute approximate surface area is 105 Å². The van der Waals surface area contributed by atoms with E-state index >= 15 is 0 Å². The first kappa shape index (κ1) is 14.3. The van der Waals surface area contributed by atoms with Gasteiger partial charge in [-0.1, -0.05) is 0 Å². The Morgan fingerprint density at radius 1 is 1.39 bits per heavy atom. The highest BCUT2D eigenvalue weighted by molar-refractivity contribution is 7.89. The lowest BCUT2D eigenvalue weighted by Gasteiger charge is -2.09. The summed E-state index contributed by atoms with van der Waals surface area (Å²) in [6, 6.07) is 4.44. The van der Waals surface area contributed by atoms with Gasteiger partial charge >= 0.3 is 5.97 Å². The Kier molecular flexibility index (Phi) is 4.51. The van der Waals surface area contributed by atoms with Gasteiger partial charge in [0.1, 0.15) is 0 Å². The maximum Gasteiger partial charge on any atom is 0.337 e. The number of rotatable bonds is 6. The minimum absolute atomic E-state index is 0.0469. The van der Waals surface area contributed by atoms with E-state index in [0.717, 1.165) is 0 Å². The van der Waals surface area contributed by atoms with Crippen LogP contribution in [0.15, 0.2) is 18.2 Å². The van der Waals surface area contributed by atoms with Gasteiger partial charge in [0.2, 0.25) is 10.0 Å². The summed E-state index contributed by atoms with van der Waals surface area (Å²) >= 11 is 0. The van der Waals surface area contributed by atoms with E-state index in [1.807, 2.05) is 0 Å². The summed E-state index contributed by atoms with van der Waals surface area (Å²) in [5, 5.41) is 16.6. The second-order valence-corrected chi connectivity index (χ2v) is 5.49. The maximum absolute atomic E-state index is 11.0. The largest absolute Gasteiger partial charge is 0.478 e. The lowest BCUT2D eigenvalue weighted by Crippen LogP contribution is -2.19. The summed E-state index contributed by atoms with van der Waals surface area (Å²) in [5.74, 6) is -1.26. The number of carboxylic acids is 1. The van der Waals surface area contributed by atoms with Crippen molar-refractivity contribution in [1.29, 1.82) is 0 Å². The van der Waals surface area contributed by atoms with Crippen LogP contribution in [0.5, 0.6) is 0 Å². The fourth-order valence-corrected chi connectivity index (χ4v) is 1.94. The van der Waals surface area contributed by atoms with E-state index in [9.17, 15) is 13.2 Å². The van der Waals surface area contributed by atoms with Crippen molar-refractivity contribution in [2.75, 3.05) is 23.3 Å². The van der Waals surface area contributed by atoms with E-state index in [0.29, 0.717) is 24.3 Å². The Bertz CT molecular complexity index is 542. The SMILES string of the molecule is Nc1ccc(NCCCS(N)(=O)=O)c(C(=O)O)c1. The minimum atomic E-state index is -3.49. The molecule has 0 atom stereocenters. The molecule has 0 heterocycles. The van der Waals surface area contributed by atoms with Gasteiger partial charge in [-0.25, -0.2) is 18.4 Å². The number of nitrogens with one attached hydrogen (secondary N) is 1. The number of nitrogens with two attached hydrogens (primary N) is 2. The average Bonchev–Trinajstić information content (AvgIpc) is 2.24. The van der Waals surface area contributed by atoms with Crippen LogP contribution in [0.1, 0.15) is 16.8 Å². The smallest absolute Gasteiger partial charge is 0.337 e. The van der Waals surface area contributed by atoms with E-state index in [4.69, 9.17) is 16.0 Å². The van der Waals surface area contributed by atoms with Crippen LogP contribution in [0.2, 0.25) is 0 Å². The second kappa shape index (κ2) is 5.69. The highest BCUT2D eigenvalue weighted by atomic mass is 32.2. The first-order valence-corrected chi connectivity index (χ1v) is 6.88. The zero-order valence-corrected chi connectivity index (χ0v) is 10.4. The molecule has 0 spiro atoms. The molecule has 6 N–H and O–H groups in total. The fourth-order valence-electron chi connectivity index (χ4n) is 1.39. The molecule has 18 heavy (non-hydrogen) atoms. The van der Waals surface area contributed by atoms with Crippen LogP contribution < -0.4 is 16.2 Å². The van der Waals surface area contributed by atoms with Crippen LogP contribution in [-0.2, 0) is 10.0 Å². The van der Waals surface area contributed by atoms with Crippen molar-refractivity contribution in [3.63, 3.8) is 0 Å². The molecule has 7 nitrogen and oxygen atoms in total. The average molecular weight is 273 g/mol. The van der Waals surface area contributed by atoms with E-state index in [1.54, 1.807) is 6.07 Å². The molecule has 0 aliphatic carbocycles. The number of carbonyl (C=O) groups is 1. The van der Waals surface area contributed by atoms with Crippen LogP contribution in [0.4, 0.5) is 11.4 Å². The molecule has 1 rings (SSSR count). The van der Waals surface area contributed by atoms with Crippen molar-refractivity contribution in [3.05, 3.63) is 23.8 Å². The summed E-state index contributed by atoms with van der Waals surface area (Å²) in [4.78, 5) is 11.0. The number of hydrogen-bond acceptors (Lipinski definition) is 5. The van der Waals surface area contributed by atoms with Gasteiger partial charge in [0.15, 0.2) is 0 Å². The number of carboxylic acid groups (broad SMARTS) is 1. The monoisotopic (exact) mass is 273 g/mol. The van der Waals surface area contributed by atoms with E-state index in [1.165, 1.54) is 12.1 Å². The molecule has 0 aromatic heterocycles. The molecule has 1 aromatic carbocycles. The van der Waals surface area contributed by atoms with Crippen molar-refractivity contribution in [2.45, 2.75) is 6.42 Å². The van der Waals surface area contributed by atoms with Crippen molar-refractivity contribution >= 4 is 27.4 Å². The third-order valence-corrected chi connectivity index (χ3v) is 3.05. The first-order chi connectivity index (χ1) is 8.29. The minimum Gasteiger partial charge on any atom is -0.478 e. The van der Waals surface area contributed by atoms with Gasteiger partial charge < -0.3 is 16.2 Å². The molecule has 100 valence electrons. The first-order valence-electron chi connectivity index (χ1n) is 5.17. The highest BCUT2D eigenvalue weighted by Crippen LogP contribution is 2.18. The Morgan fingerprint density at radius 3 is 2.61 bits per heavy atom. The van der Waals surface area contributed by atoms with Gasteiger partial charge in [-0.3, -0.25) is 0 Å². The van der Waals surface area contributed by atoms with Gasteiger partial charge in [-0.05, 0) is 24.6 Å². The maximum atomic E-state index is 11.0. The molecule has 0 aliphatic rings. The Morgan fingerprint density at radius 2 is 2.06 bits per heavy atom. The van der Waals surface area contributed by atoms with Crippen LogP contribution in [0.25, 0.3) is 0 Å². The van der Waals surface area contributed by atoms with Gasteiger partial charge in [0, 0.05) is 17.9 Å². The summed E-state index contributed by atoms with van der Waals surface area (Å²) < 4.78 is 21.4. The quantitative estimate of drug-likeness (QED) is 0.427. The van der Waals surface area contributed by atoms with Gasteiger partial charge in [-0.15, -0.1) is 0 Å². The number of aromatic carboxylic acids is 1. The van der Waals surface area contributed by atoms with Crippen molar-refractivity contribution in [2.24, 2.45) is 5.14 Å². The van der Waals surface area contributed by atoms with E-state index < -0.39 is 16.0 Å². The van der Waals surface area contributed by atoms with Crippen LogP contribution in [0, 0.1) is 0 Å². The Hall–Kier alpha value is -1.80. The third-order valence-electron chi connectivity index (χ3n) is 2.20. The van der Waals surface area contributed by atoms with Crippen molar-refractivity contribution < 1.29 is 18.3 Å². The molecule has 0 saturated heterocycles. The van der Waals surface area contributed by atoms with Crippen LogP contribution in [0.3, 0.4) is 0 Å².